The number of halogens is 1. The van der Waals surface area contributed by atoms with Gasteiger partial charge in [0.15, 0.2) is 5.06 Å². The summed E-state index contributed by atoms with van der Waals surface area (Å²) < 4.78 is 4.88. The van der Waals surface area contributed by atoms with Crippen molar-refractivity contribution in [3.8, 4) is 5.06 Å². The summed E-state index contributed by atoms with van der Waals surface area (Å²) >= 11 is 1.42. The van der Waals surface area contributed by atoms with Crippen molar-refractivity contribution < 1.29 is 9.53 Å². The van der Waals surface area contributed by atoms with Gasteiger partial charge in [-0.1, -0.05) is 6.92 Å². The third kappa shape index (κ3) is 3.39. The fourth-order valence-corrected chi connectivity index (χ4v) is 1.10. The van der Waals surface area contributed by atoms with Crippen LogP contribution in [0.15, 0.2) is 17.5 Å². The smallest absolute Gasteiger partial charge is 0.311 e. The minimum absolute atomic E-state index is 0. The number of carbonyl (C=O) groups is 1. The second kappa shape index (κ2) is 5.16. The van der Waals surface area contributed by atoms with Crippen LogP contribution in [0.4, 0.5) is 0 Å². The van der Waals surface area contributed by atoms with Crippen molar-refractivity contribution in [3.63, 3.8) is 0 Å². The standard InChI is InChI=1S/C7H8O2S.ClH/c1-2-6(8)9-7-4-3-5-10-7;/h3-5H,2H2,1H3;1H. The number of rotatable bonds is 2. The molecule has 0 aliphatic heterocycles. The van der Waals surface area contributed by atoms with Crippen molar-refractivity contribution >= 4 is 29.7 Å². The van der Waals surface area contributed by atoms with E-state index in [2.05, 4.69) is 0 Å². The topological polar surface area (TPSA) is 26.3 Å². The van der Waals surface area contributed by atoms with Crippen LogP contribution in [0.2, 0.25) is 0 Å². The summed E-state index contributed by atoms with van der Waals surface area (Å²) in [6.07, 6.45) is 0.428. The Kier molecular flexibility index (Phi) is 4.90. The normalized spacial score (nSPS) is 8.45. The quantitative estimate of drug-likeness (QED) is 0.673. The monoisotopic (exact) mass is 192 g/mol. The minimum atomic E-state index is -0.178. The molecule has 2 nitrogen and oxygen atoms in total. The maximum absolute atomic E-state index is 10.7. The zero-order valence-corrected chi connectivity index (χ0v) is 7.71. The van der Waals surface area contributed by atoms with Gasteiger partial charge in [0.25, 0.3) is 0 Å². The van der Waals surface area contributed by atoms with Crippen LogP contribution < -0.4 is 4.74 Å². The van der Waals surface area contributed by atoms with E-state index in [1.807, 2.05) is 11.4 Å². The number of carbonyl (C=O) groups excluding carboxylic acids is 1. The van der Waals surface area contributed by atoms with Crippen molar-refractivity contribution in [1.29, 1.82) is 0 Å². The van der Waals surface area contributed by atoms with E-state index in [4.69, 9.17) is 4.74 Å². The van der Waals surface area contributed by atoms with E-state index < -0.39 is 0 Å². The van der Waals surface area contributed by atoms with Gasteiger partial charge in [-0.3, -0.25) is 4.79 Å². The van der Waals surface area contributed by atoms with Gasteiger partial charge in [0.1, 0.15) is 0 Å². The maximum atomic E-state index is 10.7. The predicted molar refractivity (Wildman–Crippen MR) is 47.5 cm³/mol. The van der Waals surface area contributed by atoms with E-state index >= 15 is 0 Å². The molecule has 0 saturated heterocycles. The van der Waals surface area contributed by atoms with Crippen LogP contribution >= 0.6 is 23.7 Å². The minimum Gasteiger partial charge on any atom is -0.415 e. The van der Waals surface area contributed by atoms with Gasteiger partial charge < -0.3 is 4.74 Å². The summed E-state index contributed by atoms with van der Waals surface area (Å²) in [5.41, 5.74) is 0. The number of esters is 1. The van der Waals surface area contributed by atoms with Crippen molar-refractivity contribution in [2.75, 3.05) is 0 Å². The molecule has 0 radical (unpaired) electrons. The molecule has 0 bridgehead atoms. The zero-order chi connectivity index (χ0) is 7.40. The van der Waals surface area contributed by atoms with E-state index in [1.54, 1.807) is 13.0 Å². The Balaban J connectivity index is 0.000001000. The molecule has 0 N–H and O–H groups in total. The third-order valence-electron chi connectivity index (χ3n) is 0.998. The van der Waals surface area contributed by atoms with E-state index in [0.717, 1.165) is 0 Å². The highest BCUT2D eigenvalue weighted by Crippen LogP contribution is 2.18. The van der Waals surface area contributed by atoms with Crippen molar-refractivity contribution in [3.05, 3.63) is 17.5 Å². The summed E-state index contributed by atoms with van der Waals surface area (Å²) in [5, 5.41) is 2.55. The third-order valence-corrected chi connectivity index (χ3v) is 1.74. The number of ether oxygens (including phenoxy) is 1. The molecule has 1 aromatic rings. The van der Waals surface area contributed by atoms with Gasteiger partial charge in [0.2, 0.25) is 0 Å². The van der Waals surface area contributed by atoms with Gasteiger partial charge in [-0.05, 0) is 17.5 Å². The Bertz CT molecular complexity index is 208. The fraction of sp³-hybridized carbons (Fsp3) is 0.286. The molecule has 1 heterocycles. The second-order valence-electron chi connectivity index (χ2n) is 1.76. The van der Waals surface area contributed by atoms with Crippen molar-refractivity contribution in [2.24, 2.45) is 0 Å². The predicted octanol–water partition coefficient (Wildman–Crippen LogP) is 2.49. The van der Waals surface area contributed by atoms with Gasteiger partial charge in [-0.25, -0.2) is 0 Å². The molecular weight excluding hydrogens is 184 g/mol. The molecule has 1 rings (SSSR count). The lowest BCUT2D eigenvalue weighted by Gasteiger charge is -1.95. The van der Waals surface area contributed by atoms with Crippen molar-refractivity contribution in [2.45, 2.75) is 13.3 Å². The summed E-state index contributed by atoms with van der Waals surface area (Å²) in [7, 11) is 0. The molecule has 0 aliphatic rings. The highest BCUT2D eigenvalue weighted by atomic mass is 35.5. The first kappa shape index (κ1) is 10.5. The molecule has 0 aliphatic carbocycles. The average Bonchev–Trinajstić information content (AvgIpc) is 2.40. The van der Waals surface area contributed by atoms with E-state index in [9.17, 15) is 4.79 Å². The first-order chi connectivity index (χ1) is 4.83. The molecule has 0 atom stereocenters. The second-order valence-corrected chi connectivity index (χ2v) is 2.67. The number of thiophene rings is 1. The molecule has 0 fully saturated rings. The van der Waals surface area contributed by atoms with Crippen LogP contribution in [0, 0.1) is 0 Å². The molecule has 0 saturated carbocycles. The highest BCUT2D eigenvalue weighted by Gasteiger charge is 1.99. The first-order valence-electron chi connectivity index (χ1n) is 3.07. The van der Waals surface area contributed by atoms with Crippen LogP contribution in [-0.2, 0) is 4.79 Å². The Labute approximate surface area is 75.6 Å². The lowest BCUT2D eigenvalue weighted by molar-refractivity contribution is -0.133. The van der Waals surface area contributed by atoms with E-state index in [0.29, 0.717) is 11.5 Å². The molecule has 1 aromatic heterocycles. The average molecular weight is 193 g/mol. The lowest BCUT2D eigenvalue weighted by atomic mass is 10.5. The van der Waals surface area contributed by atoms with Gasteiger partial charge in [0, 0.05) is 6.42 Å². The van der Waals surface area contributed by atoms with Gasteiger partial charge in [-0.15, -0.1) is 23.7 Å². The molecule has 62 valence electrons. The zero-order valence-electron chi connectivity index (χ0n) is 6.07. The molecule has 0 amide bonds. The maximum Gasteiger partial charge on any atom is 0.311 e. The molecule has 0 aromatic carbocycles. The fourth-order valence-electron chi connectivity index (χ4n) is 0.506. The van der Waals surface area contributed by atoms with Gasteiger partial charge >= 0.3 is 5.97 Å². The molecule has 11 heavy (non-hydrogen) atoms. The van der Waals surface area contributed by atoms with E-state index in [-0.39, 0.29) is 18.4 Å². The van der Waals surface area contributed by atoms with Crippen molar-refractivity contribution in [1.82, 2.24) is 0 Å². The Morgan fingerprint density at radius 3 is 2.91 bits per heavy atom. The summed E-state index contributed by atoms with van der Waals surface area (Å²) in [5.74, 6) is -0.178. The van der Waals surface area contributed by atoms with E-state index in [1.165, 1.54) is 11.3 Å². The summed E-state index contributed by atoms with van der Waals surface area (Å²) in [6, 6.07) is 3.63. The Morgan fingerprint density at radius 1 is 1.73 bits per heavy atom. The first-order valence-corrected chi connectivity index (χ1v) is 3.95. The molecule has 0 spiro atoms. The molecular formula is C7H9ClO2S. The lowest BCUT2D eigenvalue weighted by Crippen LogP contribution is -2.03. The number of hydrogen-bond acceptors (Lipinski definition) is 3. The van der Waals surface area contributed by atoms with Gasteiger partial charge in [0.05, 0.1) is 0 Å². The highest BCUT2D eigenvalue weighted by molar-refractivity contribution is 7.11. The Morgan fingerprint density at radius 2 is 2.45 bits per heavy atom. The Hall–Kier alpha value is -0.540. The van der Waals surface area contributed by atoms with Gasteiger partial charge in [-0.2, -0.15) is 0 Å². The van der Waals surface area contributed by atoms with Crippen LogP contribution in [0.1, 0.15) is 13.3 Å². The van der Waals surface area contributed by atoms with Crippen LogP contribution in [0.5, 0.6) is 5.06 Å². The molecule has 4 heteroatoms. The number of hydrogen-bond donors (Lipinski definition) is 0. The van der Waals surface area contributed by atoms with Crippen LogP contribution in [0.25, 0.3) is 0 Å². The van der Waals surface area contributed by atoms with Crippen LogP contribution in [0.3, 0.4) is 0 Å². The largest absolute Gasteiger partial charge is 0.415 e. The molecule has 0 unspecified atom stereocenters. The summed E-state index contributed by atoms with van der Waals surface area (Å²) in [6.45, 7) is 1.77. The van der Waals surface area contributed by atoms with Crippen LogP contribution in [-0.4, -0.2) is 5.97 Å². The SMILES string of the molecule is CCC(=O)Oc1cccs1.Cl. The summed E-state index contributed by atoms with van der Waals surface area (Å²) in [4.78, 5) is 10.7.